The molecule has 4 N–H and O–H groups in total. The highest BCUT2D eigenvalue weighted by atomic mass is 16.5. The zero-order chi connectivity index (χ0) is 14.4. The van der Waals surface area contributed by atoms with Crippen LogP contribution in [0, 0.1) is 0 Å². The average molecular weight is 278 g/mol. The third-order valence-corrected chi connectivity index (χ3v) is 3.54. The molecule has 20 heavy (non-hydrogen) atoms. The summed E-state index contributed by atoms with van der Waals surface area (Å²) in [6, 6.07) is 6.85. The minimum Gasteiger partial charge on any atom is -0.389 e. The summed E-state index contributed by atoms with van der Waals surface area (Å²) < 4.78 is 5.65. The maximum atomic E-state index is 10.9. The Kier molecular flexibility index (Phi) is 5.38. The smallest absolute Gasteiger partial charge is 0.248 e. The van der Waals surface area contributed by atoms with Gasteiger partial charge in [0, 0.05) is 17.8 Å². The van der Waals surface area contributed by atoms with Crippen molar-refractivity contribution in [2.75, 3.05) is 18.5 Å². The molecule has 1 aromatic rings. The number of hydrogen-bond acceptors (Lipinski definition) is 4. The van der Waals surface area contributed by atoms with Crippen LogP contribution in [0.5, 0.6) is 0 Å². The second kappa shape index (κ2) is 7.26. The van der Waals surface area contributed by atoms with E-state index in [0.717, 1.165) is 18.5 Å². The van der Waals surface area contributed by atoms with Gasteiger partial charge in [-0.2, -0.15) is 0 Å². The first-order chi connectivity index (χ1) is 9.65. The highest BCUT2D eigenvalue weighted by molar-refractivity contribution is 5.93. The van der Waals surface area contributed by atoms with E-state index in [2.05, 4.69) is 5.32 Å². The van der Waals surface area contributed by atoms with E-state index in [-0.39, 0.29) is 0 Å². The first-order valence-corrected chi connectivity index (χ1v) is 7.08. The van der Waals surface area contributed by atoms with Gasteiger partial charge in [-0.1, -0.05) is 12.8 Å². The molecule has 0 heterocycles. The number of carbonyl (C=O) groups is 1. The molecule has 0 spiro atoms. The van der Waals surface area contributed by atoms with Crippen molar-refractivity contribution in [2.45, 2.75) is 37.9 Å². The molecule has 0 radical (unpaired) electrons. The van der Waals surface area contributed by atoms with Crippen molar-refractivity contribution in [1.82, 2.24) is 0 Å². The second-order valence-corrected chi connectivity index (χ2v) is 5.22. The van der Waals surface area contributed by atoms with Crippen molar-refractivity contribution in [3.05, 3.63) is 29.8 Å². The number of anilines is 1. The van der Waals surface area contributed by atoms with E-state index in [9.17, 15) is 9.90 Å². The standard InChI is InChI=1S/C15H22N2O3/c16-15(19)11-5-7-12(8-6-11)17-9-13(18)10-20-14-3-1-2-4-14/h5-8,13-14,17-18H,1-4,9-10H2,(H2,16,19). The number of carbonyl (C=O) groups excluding carboxylic acids is 1. The Balaban J connectivity index is 1.69. The summed E-state index contributed by atoms with van der Waals surface area (Å²) in [5.41, 5.74) is 6.48. The lowest BCUT2D eigenvalue weighted by atomic mass is 10.2. The van der Waals surface area contributed by atoms with E-state index in [1.807, 2.05) is 0 Å². The molecule has 2 rings (SSSR count). The summed E-state index contributed by atoms with van der Waals surface area (Å²) in [5.74, 6) is -0.443. The summed E-state index contributed by atoms with van der Waals surface area (Å²) in [5, 5.41) is 13.0. The third kappa shape index (κ3) is 4.51. The zero-order valence-electron chi connectivity index (χ0n) is 11.5. The monoisotopic (exact) mass is 278 g/mol. The van der Waals surface area contributed by atoms with Crippen LogP contribution in [0.25, 0.3) is 0 Å². The van der Waals surface area contributed by atoms with Crippen LogP contribution in [0.4, 0.5) is 5.69 Å². The number of aliphatic hydroxyl groups is 1. The van der Waals surface area contributed by atoms with Gasteiger partial charge in [0.05, 0.1) is 18.8 Å². The van der Waals surface area contributed by atoms with Crippen LogP contribution >= 0.6 is 0 Å². The number of hydrogen-bond donors (Lipinski definition) is 3. The van der Waals surface area contributed by atoms with Crippen molar-refractivity contribution < 1.29 is 14.6 Å². The number of benzene rings is 1. The fraction of sp³-hybridized carbons (Fsp3) is 0.533. The Hall–Kier alpha value is -1.59. The number of ether oxygens (including phenoxy) is 1. The molecule has 1 fully saturated rings. The Morgan fingerprint density at radius 3 is 2.60 bits per heavy atom. The predicted octanol–water partition coefficient (Wildman–Crippen LogP) is 1.52. The van der Waals surface area contributed by atoms with Crippen LogP contribution in [-0.4, -0.2) is 36.4 Å². The number of aliphatic hydroxyl groups excluding tert-OH is 1. The van der Waals surface area contributed by atoms with Gasteiger partial charge < -0.3 is 20.9 Å². The van der Waals surface area contributed by atoms with E-state index in [4.69, 9.17) is 10.5 Å². The van der Waals surface area contributed by atoms with Gasteiger partial charge in [0.2, 0.25) is 5.91 Å². The lowest BCUT2D eigenvalue weighted by molar-refractivity contribution is -0.00117. The molecule has 1 amide bonds. The maximum Gasteiger partial charge on any atom is 0.248 e. The number of rotatable bonds is 7. The fourth-order valence-electron chi connectivity index (χ4n) is 2.35. The van der Waals surface area contributed by atoms with Crippen LogP contribution in [0.15, 0.2) is 24.3 Å². The molecule has 1 saturated carbocycles. The predicted molar refractivity (Wildman–Crippen MR) is 77.7 cm³/mol. The second-order valence-electron chi connectivity index (χ2n) is 5.22. The molecule has 0 aromatic heterocycles. The van der Waals surface area contributed by atoms with E-state index < -0.39 is 12.0 Å². The molecular formula is C15H22N2O3. The van der Waals surface area contributed by atoms with Crippen LogP contribution < -0.4 is 11.1 Å². The lowest BCUT2D eigenvalue weighted by Crippen LogP contribution is -2.27. The van der Waals surface area contributed by atoms with Crippen molar-refractivity contribution in [1.29, 1.82) is 0 Å². The number of amides is 1. The van der Waals surface area contributed by atoms with Crippen LogP contribution in [-0.2, 0) is 4.74 Å². The van der Waals surface area contributed by atoms with E-state index in [1.54, 1.807) is 24.3 Å². The highest BCUT2D eigenvalue weighted by Gasteiger charge is 2.16. The minimum atomic E-state index is -0.536. The number of nitrogens with one attached hydrogen (secondary N) is 1. The van der Waals surface area contributed by atoms with E-state index >= 15 is 0 Å². The zero-order valence-corrected chi connectivity index (χ0v) is 11.5. The van der Waals surface area contributed by atoms with Gasteiger partial charge in [0.15, 0.2) is 0 Å². The number of primary amides is 1. The molecule has 0 bridgehead atoms. The molecular weight excluding hydrogens is 256 g/mol. The summed E-state index contributed by atoms with van der Waals surface area (Å²) >= 11 is 0. The molecule has 1 aromatic carbocycles. The van der Waals surface area contributed by atoms with Gasteiger partial charge >= 0.3 is 0 Å². The van der Waals surface area contributed by atoms with E-state index in [0.29, 0.717) is 24.8 Å². The molecule has 1 unspecified atom stereocenters. The summed E-state index contributed by atoms with van der Waals surface area (Å²) in [7, 11) is 0. The van der Waals surface area contributed by atoms with E-state index in [1.165, 1.54) is 12.8 Å². The van der Waals surface area contributed by atoms with Gasteiger partial charge in [-0.15, -0.1) is 0 Å². The number of nitrogens with two attached hydrogens (primary N) is 1. The molecule has 0 saturated heterocycles. The molecule has 110 valence electrons. The minimum absolute atomic E-state index is 0.319. The van der Waals surface area contributed by atoms with Gasteiger partial charge in [-0.25, -0.2) is 0 Å². The highest BCUT2D eigenvalue weighted by Crippen LogP contribution is 2.20. The third-order valence-electron chi connectivity index (χ3n) is 3.54. The molecule has 1 aliphatic rings. The lowest BCUT2D eigenvalue weighted by Gasteiger charge is -2.16. The SMILES string of the molecule is NC(=O)c1ccc(NCC(O)COC2CCCC2)cc1. The van der Waals surface area contributed by atoms with Gasteiger partial charge in [-0.3, -0.25) is 4.79 Å². The quantitative estimate of drug-likeness (QED) is 0.706. The molecule has 5 nitrogen and oxygen atoms in total. The molecule has 1 atom stereocenters. The largest absolute Gasteiger partial charge is 0.389 e. The Labute approximate surface area is 119 Å². The average Bonchev–Trinajstić information content (AvgIpc) is 2.96. The molecule has 1 aliphatic carbocycles. The summed E-state index contributed by atoms with van der Waals surface area (Å²) in [6.45, 7) is 0.777. The van der Waals surface area contributed by atoms with Crippen molar-refractivity contribution >= 4 is 11.6 Å². The van der Waals surface area contributed by atoms with Gasteiger partial charge in [0.1, 0.15) is 0 Å². The summed E-state index contributed by atoms with van der Waals surface area (Å²) in [4.78, 5) is 10.9. The first-order valence-electron chi connectivity index (χ1n) is 7.08. The Morgan fingerprint density at radius 1 is 1.35 bits per heavy atom. The normalized spacial score (nSPS) is 17.1. The topological polar surface area (TPSA) is 84.6 Å². The van der Waals surface area contributed by atoms with Crippen molar-refractivity contribution in [3.63, 3.8) is 0 Å². The van der Waals surface area contributed by atoms with Gasteiger partial charge in [-0.05, 0) is 37.1 Å². The Morgan fingerprint density at radius 2 is 2.00 bits per heavy atom. The fourth-order valence-corrected chi connectivity index (χ4v) is 2.35. The molecule has 5 heteroatoms. The maximum absolute atomic E-state index is 10.9. The van der Waals surface area contributed by atoms with Crippen LogP contribution in [0.3, 0.4) is 0 Å². The van der Waals surface area contributed by atoms with Crippen LogP contribution in [0.1, 0.15) is 36.0 Å². The molecule has 0 aliphatic heterocycles. The first kappa shape index (κ1) is 14.8. The van der Waals surface area contributed by atoms with Crippen LogP contribution in [0.2, 0.25) is 0 Å². The van der Waals surface area contributed by atoms with Crippen molar-refractivity contribution in [3.8, 4) is 0 Å². The van der Waals surface area contributed by atoms with Gasteiger partial charge in [0.25, 0.3) is 0 Å². The van der Waals surface area contributed by atoms with Crippen molar-refractivity contribution in [2.24, 2.45) is 5.73 Å². The Bertz CT molecular complexity index is 427. The summed E-state index contributed by atoms with van der Waals surface area (Å²) in [6.07, 6.45) is 4.45.